The Balaban J connectivity index is 2.51. The lowest BCUT2D eigenvalue weighted by atomic mass is 9.98. The molecule has 0 aliphatic carbocycles. The third-order valence-corrected chi connectivity index (χ3v) is 3.37. The van der Waals surface area contributed by atoms with Gasteiger partial charge >= 0.3 is 0 Å². The monoisotopic (exact) mass is 304 g/mol. The Morgan fingerprint density at radius 1 is 1.70 bits per heavy atom. The molecule has 0 spiro atoms. The molecule has 0 unspecified atom stereocenters. The van der Waals surface area contributed by atoms with Gasteiger partial charge in [-0.15, -0.1) is 6.42 Å². The van der Waals surface area contributed by atoms with E-state index in [9.17, 15) is 23.8 Å². The minimum atomic E-state index is -2.06. The zero-order chi connectivity index (χ0) is 15.1. The van der Waals surface area contributed by atoms with Gasteiger partial charge in [0.1, 0.15) is 6.10 Å². The fourth-order valence-corrected chi connectivity index (χ4v) is 2.17. The molecule has 2 heterocycles. The van der Waals surface area contributed by atoms with Crippen LogP contribution in [-0.4, -0.2) is 44.2 Å². The molecule has 3 N–H and O–H groups in total. The maximum Gasteiger partial charge on any atom is 0.287 e. The van der Waals surface area contributed by atoms with Gasteiger partial charge in [0.25, 0.3) is 5.56 Å². The van der Waals surface area contributed by atoms with E-state index in [0.29, 0.717) is 6.20 Å². The van der Waals surface area contributed by atoms with Gasteiger partial charge in [-0.25, -0.2) is 4.39 Å². The van der Waals surface area contributed by atoms with Crippen molar-refractivity contribution in [3.05, 3.63) is 27.1 Å². The number of nitrogens with one attached hydrogen (secondary N) is 1. The first-order valence-corrected chi connectivity index (χ1v) is 5.86. The molecule has 20 heavy (non-hydrogen) atoms. The van der Waals surface area contributed by atoms with E-state index in [1.807, 2.05) is 10.9 Å². The third-order valence-electron chi connectivity index (χ3n) is 3.06. The maximum absolute atomic E-state index is 14.1. The van der Waals surface area contributed by atoms with E-state index < -0.39 is 42.1 Å². The summed E-state index contributed by atoms with van der Waals surface area (Å²) < 4.78 is 33.0. The van der Waals surface area contributed by atoms with Gasteiger partial charge in [-0.1, -0.05) is 5.92 Å². The Morgan fingerprint density at radius 3 is 2.85 bits per heavy atom. The number of aliphatic hydroxyl groups excluding tert-OH is 2. The van der Waals surface area contributed by atoms with Crippen LogP contribution in [0.1, 0.15) is 6.23 Å². The molecule has 1 aromatic heterocycles. The van der Waals surface area contributed by atoms with Crippen LogP contribution >= 0.6 is 12.2 Å². The van der Waals surface area contributed by atoms with Crippen molar-refractivity contribution < 1.29 is 23.7 Å². The van der Waals surface area contributed by atoms with Crippen molar-refractivity contribution in [3.8, 4) is 12.3 Å². The van der Waals surface area contributed by atoms with E-state index in [0.717, 1.165) is 4.57 Å². The molecule has 0 bridgehead atoms. The zero-order valence-electron chi connectivity index (χ0n) is 9.92. The summed E-state index contributed by atoms with van der Waals surface area (Å²) in [6.07, 6.45) is 0.340. The Kier molecular flexibility index (Phi) is 3.75. The zero-order valence-corrected chi connectivity index (χ0v) is 10.7. The average molecular weight is 304 g/mol. The average Bonchev–Trinajstić information content (AvgIpc) is 2.68. The summed E-state index contributed by atoms with van der Waals surface area (Å²) >= 11 is 4.77. The van der Waals surface area contributed by atoms with Crippen LogP contribution in [0.5, 0.6) is 0 Å². The highest BCUT2D eigenvalue weighted by molar-refractivity contribution is 7.71. The van der Waals surface area contributed by atoms with E-state index in [4.69, 9.17) is 23.4 Å². The third kappa shape index (κ3) is 2.06. The minimum Gasteiger partial charge on any atom is -0.392 e. The van der Waals surface area contributed by atoms with Crippen molar-refractivity contribution >= 4 is 12.2 Å². The lowest BCUT2D eigenvalue weighted by molar-refractivity contribution is -0.0920. The maximum atomic E-state index is 14.1. The van der Waals surface area contributed by atoms with Crippen LogP contribution < -0.4 is 5.56 Å². The van der Waals surface area contributed by atoms with E-state index in [1.165, 1.54) is 0 Å². The molecule has 108 valence electrons. The topological polar surface area (TPSA) is 87.5 Å². The van der Waals surface area contributed by atoms with Crippen molar-refractivity contribution in [2.45, 2.75) is 24.1 Å². The van der Waals surface area contributed by atoms with Gasteiger partial charge in [0.2, 0.25) is 5.82 Å². The number of alkyl halides is 1. The second-order valence-electron chi connectivity index (χ2n) is 4.23. The summed E-state index contributed by atoms with van der Waals surface area (Å²) in [6.45, 7) is -0.833. The van der Waals surface area contributed by atoms with Crippen molar-refractivity contribution in [1.29, 1.82) is 0 Å². The summed E-state index contributed by atoms with van der Waals surface area (Å²) in [4.78, 5) is 13.0. The van der Waals surface area contributed by atoms with Crippen molar-refractivity contribution in [2.24, 2.45) is 0 Å². The summed E-state index contributed by atoms with van der Waals surface area (Å²) in [5.41, 5.74) is -3.02. The van der Waals surface area contributed by atoms with Crippen LogP contribution in [-0.2, 0) is 4.74 Å². The normalized spacial score (nSPS) is 33.0. The predicted molar refractivity (Wildman–Crippen MR) is 65.5 cm³/mol. The van der Waals surface area contributed by atoms with E-state index >= 15 is 0 Å². The molecule has 9 heteroatoms. The first kappa shape index (κ1) is 14.8. The molecule has 2 rings (SSSR count). The number of nitrogens with zero attached hydrogens (tertiary/aromatic N) is 1. The molecule has 0 radical (unpaired) electrons. The standard InChI is InChI=1S/C11H10F2N2O4S/c1-2-11(4-16)7(17)6(13)9(19-11)15-3-5(12)8(18)14-10(15)20/h1,3,6-7,9,16-17H,4H2,(H,14,18,20)/t6-,7+,9+,11+/m0/s1. The summed E-state index contributed by atoms with van der Waals surface area (Å²) in [5.74, 6) is 0.775. The largest absolute Gasteiger partial charge is 0.392 e. The number of aromatic nitrogens is 2. The van der Waals surface area contributed by atoms with Gasteiger partial charge in [0.05, 0.1) is 12.8 Å². The summed E-state index contributed by atoms with van der Waals surface area (Å²) in [6, 6.07) is 0. The number of terminal acetylenes is 1. The van der Waals surface area contributed by atoms with Gasteiger partial charge < -0.3 is 14.9 Å². The van der Waals surface area contributed by atoms with Crippen molar-refractivity contribution in [1.82, 2.24) is 9.55 Å². The van der Waals surface area contributed by atoms with Crippen LogP contribution in [0.3, 0.4) is 0 Å². The minimum absolute atomic E-state index is 0.304. The first-order valence-electron chi connectivity index (χ1n) is 5.46. The van der Waals surface area contributed by atoms with Crippen LogP contribution in [0.2, 0.25) is 0 Å². The van der Waals surface area contributed by atoms with Crippen molar-refractivity contribution in [2.75, 3.05) is 6.61 Å². The molecular weight excluding hydrogens is 294 g/mol. The quantitative estimate of drug-likeness (QED) is 0.513. The molecule has 0 saturated carbocycles. The van der Waals surface area contributed by atoms with E-state index in [1.54, 1.807) is 0 Å². The Labute approximate surface area is 116 Å². The first-order chi connectivity index (χ1) is 9.36. The smallest absolute Gasteiger partial charge is 0.287 e. The number of halogens is 2. The number of ether oxygens (including phenoxy) is 1. The molecule has 0 amide bonds. The fraction of sp³-hybridized carbons (Fsp3) is 0.455. The SMILES string of the molecule is C#C[C@]1(CO)O[C@@H](n2cc(F)c(=O)[nH]c2=S)[C@@H](F)[C@H]1O. The lowest BCUT2D eigenvalue weighted by Gasteiger charge is -2.23. The van der Waals surface area contributed by atoms with Gasteiger partial charge in [-0.05, 0) is 12.2 Å². The summed E-state index contributed by atoms with van der Waals surface area (Å²) in [5, 5.41) is 18.9. The molecule has 1 aliphatic rings. The number of H-pyrrole nitrogens is 1. The van der Waals surface area contributed by atoms with Gasteiger partial charge in [0, 0.05) is 0 Å². The molecule has 1 saturated heterocycles. The number of hydrogen-bond donors (Lipinski definition) is 3. The molecule has 1 aromatic rings. The molecule has 0 aromatic carbocycles. The number of aromatic amines is 1. The second kappa shape index (κ2) is 5.06. The van der Waals surface area contributed by atoms with Crippen molar-refractivity contribution in [3.63, 3.8) is 0 Å². The van der Waals surface area contributed by atoms with Crippen LogP contribution in [0.4, 0.5) is 8.78 Å². The number of aliphatic hydroxyl groups is 2. The predicted octanol–water partition coefficient (Wildman–Crippen LogP) is -0.363. The highest BCUT2D eigenvalue weighted by atomic mass is 32.1. The number of rotatable bonds is 2. The highest BCUT2D eigenvalue weighted by Gasteiger charge is 2.55. The second-order valence-corrected chi connectivity index (χ2v) is 4.62. The Morgan fingerprint density at radius 2 is 2.35 bits per heavy atom. The van der Waals surface area contributed by atoms with Crippen LogP contribution in [0, 0.1) is 22.9 Å². The van der Waals surface area contributed by atoms with Gasteiger partial charge in [0.15, 0.2) is 22.8 Å². The fourth-order valence-electron chi connectivity index (χ4n) is 1.92. The summed E-state index contributed by atoms with van der Waals surface area (Å²) in [7, 11) is 0. The van der Waals surface area contributed by atoms with E-state index in [2.05, 4.69) is 0 Å². The molecule has 1 aliphatic heterocycles. The molecule has 4 atom stereocenters. The van der Waals surface area contributed by atoms with Gasteiger partial charge in [-0.2, -0.15) is 4.39 Å². The van der Waals surface area contributed by atoms with E-state index in [-0.39, 0.29) is 4.77 Å². The van der Waals surface area contributed by atoms with Crippen LogP contribution in [0.25, 0.3) is 0 Å². The molecule has 1 fully saturated rings. The lowest BCUT2D eigenvalue weighted by Crippen LogP contribution is -2.44. The van der Waals surface area contributed by atoms with Gasteiger partial charge in [-0.3, -0.25) is 14.3 Å². The Hall–Kier alpha value is -1.60. The molecular formula is C11H10F2N2O4S. The van der Waals surface area contributed by atoms with Crippen LogP contribution in [0.15, 0.2) is 11.0 Å². The highest BCUT2D eigenvalue weighted by Crippen LogP contribution is 2.38. The Bertz CT molecular complexity index is 682. The number of hydrogen-bond acceptors (Lipinski definition) is 5. The molecule has 6 nitrogen and oxygen atoms in total.